The molecule has 0 saturated carbocycles. The van der Waals surface area contributed by atoms with Gasteiger partial charge in [0, 0.05) is 18.5 Å². The lowest BCUT2D eigenvalue weighted by atomic mass is 9.85. The van der Waals surface area contributed by atoms with Crippen molar-refractivity contribution in [2.75, 3.05) is 0 Å². The van der Waals surface area contributed by atoms with Crippen LogP contribution in [0.5, 0.6) is 0 Å². The summed E-state index contributed by atoms with van der Waals surface area (Å²) in [6.07, 6.45) is 0. The van der Waals surface area contributed by atoms with Crippen LogP contribution in [0.15, 0.2) is 24.3 Å². The second-order valence-corrected chi connectivity index (χ2v) is 4.99. The highest BCUT2D eigenvalue weighted by Crippen LogP contribution is 2.27. The van der Waals surface area contributed by atoms with Crippen LogP contribution in [0.4, 0.5) is 0 Å². The van der Waals surface area contributed by atoms with Crippen LogP contribution in [-0.4, -0.2) is 15.6 Å². The van der Waals surface area contributed by atoms with E-state index in [4.69, 9.17) is 5.73 Å². The monoisotopic (exact) mass is 217 g/mol. The van der Waals surface area contributed by atoms with Crippen molar-refractivity contribution in [3.05, 3.63) is 30.1 Å². The lowest BCUT2D eigenvalue weighted by molar-refractivity contribution is 0.400. The predicted molar refractivity (Wildman–Crippen MR) is 67.4 cm³/mol. The summed E-state index contributed by atoms with van der Waals surface area (Å²) < 4.78 is 2.14. The molecule has 0 radical (unpaired) electrons. The van der Waals surface area contributed by atoms with E-state index < -0.39 is 0 Å². The fourth-order valence-electron chi connectivity index (χ4n) is 1.93. The van der Waals surface area contributed by atoms with Crippen molar-refractivity contribution < 1.29 is 0 Å². The van der Waals surface area contributed by atoms with Crippen LogP contribution in [0.3, 0.4) is 0 Å². The number of aromatic nitrogens is 2. The van der Waals surface area contributed by atoms with Crippen molar-refractivity contribution in [1.29, 1.82) is 0 Å². The molecule has 0 saturated heterocycles. The first-order chi connectivity index (χ1) is 7.44. The molecule has 1 aromatic heterocycles. The summed E-state index contributed by atoms with van der Waals surface area (Å²) >= 11 is 0. The Morgan fingerprint density at radius 3 is 2.50 bits per heavy atom. The molecular formula is C13H19N3. The predicted octanol–water partition coefficient (Wildman–Crippen LogP) is 2.20. The van der Waals surface area contributed by atoms with Gasteiger partial charge in [-0.2, -0.15) is 0 Å². The molecule has 16 heavy (non-hydrogen) atoms. The number of hydrogen-bond donors (Lipinski definition) is 1. The molecule has 2 N–H and O–H groups in total. The molecule has 1 atom stereocenters. The maximum absolute atomic E-state index is 6.04. The van der Waals surface area contributed by atoms with Gasteiger partial charge in [-0.3, -0.25) is 0 Å². The van der Waals surface area contributed by atoms with E-state index in [2.05, 4.69) is 36.5 Å². The highest BCUT2D eigenvalue weighted by molar-refractivity contribution is 5.76. The molecule has 1 aromatic carbocycles. The van der Waals surface area contributed by atoms with E-state index in [1.54, 1.807) is 0 Å². The van der Waals surface area contributed by atoms with E-state index in [9.17, 15) is 0 Å². The molecule has 0 fully saturated rings. The zero-order valence-corrected chi connectivity index (χ0v) is 10.4. The first-order valence-corrected chi connectivity index (χ1v) is 5.62. The van der Waals surface area contributed by atoms with Gasteiger partial charge in [0.25, 0.3) is 0 Å². The minimum absolute atomic E-state index is 0.0722. The molecule has 0 spiro atoms. The number of para-hydroxylation sites is 2. The van der Waals surface area contributed by atoms with Crippen molar-refractivity contribution in [2.24, 2.45) is 12.8 Å². The Labute approximate surface area is 96.3 Å². The largest absolute Gasteiger partial charge is 0.331 e. The molecule has 0 aliphatic heterocycles. The Hall–Kier alpha value is -1.35. The first-order valence-electron chi connectivity index (χ1n) is 5.62. The van der Waals surface area contributed by atoms with Gasteiger partial charge in [0.1, 0.15) is 5.82 Å². The van der Waals surface area contributed by atoms with Crippen LogP contribution in [0.25, 0.3) is 11.0 Å². The molecular weight excluding hydrogens is 198 g/mol. The van der Waals surface area contributed by atoms with Gasteiger partial charge in [0.2, 0.25) is 0 Å². The minimum Gasteiger partial charge on any atom is -0.331 e. The van der Waals surface area contributed by atoms with Gasteiger partial charge in [0.05, 0.1) is 11.0 Å². The van der Waals surface area contributed by atoms with Crippen LogP contribution >= 0.6 is 0 Å². The van der Waals surface area contributed by atoms with Gasteiger partial charge in [-0.05, 0) is 19.1 Å². The van der Waals surface area contributed by atoms with Gasteiger partial charge in [-0.15, -0.1) is 0 Å². The number of hydrogen-bond acceptors (Lipinski definition) is 2. The topological polar surface area (TPSA) is 43.8 Å². The van der Waals surface area contributed by atoms with Crippen molar-refractivity contribution in [3.8, 4) is 0 Å². The summed E-state index contributed by atoms with van der Waals surface area (Å²) in [5.74, 6) is 1.05. The lowest BCUT2D eigenvalue weighted by Crippen LogP contribution is -2.40. The Balaban J connectivity index is 2.66. The van der Waals surface area contributed by atoms with E-state index in [1.165, 1.54) is 0 Å². The number of rotatable bonds is 2. The number of nitrogens with two attached hydrogens (primary N) is 1. The SMILES string of the molecule is CC(N)C(C)(C)c1nc2ccccc2n1C. The van der Waals surface area contributed by atoms with Gasteiger partial charge >= 0.3 is 0 Å². The molecule has 1 unspecified atom stereocenters. The second-order valence-electron chi connectivity index (χ2n) is 4.99. The van der Waals surface area contributed by atoms with Gasteiger partial charge < -0.3 is 10.3 Å². The molecule has 0 aliphatic carbocycles. The Bertz CT molecular complexity index is 509. The standard InChI is InChI=1S/C13H19N3/c1-9(14)13(2,3)12-15-10-7-5-6-8-11(10)16(12)4/h5-9H,14H2,1-4H3. The van der Waals surface area contributed by atoms with E-state index in [1.807, 2.05) is 25.1 Å². The maximum Gasteiger partial charge on any atom is 0.116 e. The number of nitrogens with zero attached hydrogens (tertiary/aromatic N) is 2. The number of imidazole rings is 1. The van der Waals surface area contributed by atoms with Crippen LogP contribution in [0.2, 0.25) is 0 Å². The van der Waals surface area contributed by atoms with Crippen molar-refractivity contribution in [1.82, 2.24) is 9.55 Å². The first kappa shape index (κ1) is 11.1. The molecule has 0 amide bonds. The smallest absolute Gasteiger partial charge is 0.116 e. The maximum atomic E-state index is 6.04. The third-order valence-corrected chi connectivity index (χ3v) is 3.50. The van der Waals surface area contributed by atoms with Crippen molar-refractivity contribution in [2.45, 2.75) is 32.2 Å². The second kappa shape index (κ2) is 3.59. The summed E-state index contributed by atoms with van der Waals surface area (Å²) in [5.41, 5.74) is 8.12. The van der Waals surface area contributed by atoms with Crippen molar-refractivity contribution >= 4 is 11.0 Å². The quantitative estimate of drug-likeness (QED) is 0.838. The normalized spacial score (nSPS) is 14.3. The molecule has 86 valence electrons. The van der Waals surface area contributed by atoms with Crippen LogP contribution in [-0.2, 0) is 12.5 Å². The molecule has 2 aromatic rings. The summed E-state index contributed by atoms with van der Waals surface area (Å²) in [5, 5.41) is 0. The average Bonchev–Trinajstić information content (AvgIpc) is 2.57. The van der Waals surface area contributed by atoms with Crippen molar-refractivity contribution in [3.63, 3.8) is 0 Å². The zero-order chi connectivity index (χ0) is 11.9. The summed E-state index contributed by atoms with van der Waals surface area (Å²) in [4.78, 5) is 4.69. The zero-order valence-electron chi connectivity index (χ0n) is 10.4. The fraction of sp³-hybridized carbons (Fsp3) is 0.462. The van der Waals surface area contributed by atoms with Crippen LogP contribution in [0.1, 0.15) is 26.6 Å². The highest BCUT2D eigenvalue weighted by Gasteiger charge is 2.30. The Morgan fingerprint density at radius 1 is 1.31 bits per heavy atom. The summed E-state index contributed by atoms with van der Waals surface area (Å²) in [7, 11) is 2.05. The third kappa shape index (κ3) is 1.52. The minimum atomic E-state index is -0.117. The number of benzene rings is 1. The third-order valence-electron chi connectivity index (χ3n) is 3.50. The van der Waals surface area contributed by atoms with Crippen LogP contribution in [0, 0.1) is 0 Å². The van der Waals surface area contributed by atoms with E-state index >= 15 is 0 Å². The molecule has 3 heteroatoms. The molecule has 2 rings (SSSR count). The lowest BCUT2D eigenvalue weighted by Gasteiger charge is -2.28. The molecule has 0 bridgehead atoms. The molecule has 0 aliphatic rings. The highest BCUT2D eigenvalue weighted by atomic mass is 15.1. The van der Waals surface area contributed by atoms with Crippen LogP contribution < -0.4 is 5.73 Å². The van der Waals surface area contributed by atoms with Gasteiger partial charge in [0.15, 0.2) is 0 Å². The Kier molecular flexibility index (Phi) is 2.50. The average molecular weight is 217 g/mol. The van der Waals surface area contributed by atoms with E-state index in [0.29, 0.717) is 0 Å². The molecule has 1 heterocycles. The fourth-order valence-corrected chi connectivity index (χ4v) is 1.93. The summed E-state index contributed by atoms with van der Waals surface area (Å²) in [6.45, 7) is 6.30. The molecule has 3 nitrogen and oxygen atoms in total. The van der Waals surface area contributed by atoms with E-state index in [0.717, 1.165) is 16.9 Å². The van der Waals surface area contributed by atoms with Gasteiger partial charge in [-0.1, -0.05) is 26.0 Å². The Morgan fingerprint density at radius 2 is 1.94 bits per heavy atom. The van der Waals surface area contributed by atoms with E-state index in [-0.39, 0.29) is 11.5 Å². The summed E-state index contributed by atoms with van der Waals surface area (Å²) in [6, 6.07) is 8.24. The van der Waals surface area contributed by atoms with Gasteiger partial charge in [-0.25, -0.2) is 4.98 Å². The number of aryl methyl sites for hydroxylation is 1. The number of fused-ring (bicyclic) bond motifs is 1.